The average molecular weight is 255 g/mol. The molecule has 1 rings (SSSR count). The highest BCUT2D eigenvalue weighted by molar-refractivity contribution is 5.85. The zero-order chi connectivity index (χ0) is 13.5. The number of unbranched alkanes of at least 4 members (excludes halogenated alkanes) is 2. The summed E-state index contributed by atoms with van der Waals surface area (Å²) in [5.74, 6) is -1.30. The molecule has 4 nitrogen and oxygen atoms in total. The van der Waals surface area contributed by atoms with Crippen molar-refractivity contribution in [2.75, 3.05) is 6.54 Å². The molecule has 0 aromatic rings. The van der Waals surface area contributed by atoms with E-state index in [1.807, 2.05) is 0 Å². The van der Waals surface area contributed by atoms with Gasteiger partial charge in [0, 0.05) is 6.54 Å². The molecule has 0 saturated heterocycles. The van der Waals surface area contributed by atoms with E-state index in [0.717, 1.165) is 32.1 Å². The van der Waals surface area contributed by atoms with Gasteiger partial charge in [-0.15, -0.1) is 0 Å². The molecule has 18 heavy (non-hydrogen) atoms. The lowest BCUT2D eigenvalue weighted by atomic mass is 9.95. The van der Waals surface area contributed by atoms with Gasteiger partial charge in [0.2, 0.25) is 5.91 Å². The maximum atomic E-state index is 12.0. The van der Waals surface area contributed by atoms with Crippen molar-refractivity contribution in [2.45, 2.75) is 52.4 Å². The Balaban J connectivity index is 2.46. The fourth-order valence-corrected chi connectivity index (χ4v) is 2.76. The third kappa shape index (κ3) is 4.00. The smallest absolute Gasteiger partial charge is 0.307 e. The van der Waals surface area contributed by atoms with E-state index >= 15 is 0 Å². The SMILES string of the molecule is CCCCCNC(=O)[C@H]1CC(CC)C[C@H]1C(=O)O. The summed E-state index contributed by atoms with van der Waals surface area (Å²) >= 11 is 0. The molecule has 1 aliphatic rings. The van der Waals surface area contributed by atoms with Crippen molar-refractivity contribution in [1.82, 2.24) is 5.32 Å². The highest BCUT2D eigenvalue weighted by Gasteiger charge is 2.41. The Labute approximate surface area is 109 Å². The second-order valence-corrected chi connectivity index (χ2v) is 5.30. The molecular weight excluding hydrogens is 230 g/mol. The maximum Gasteiger partial charge on any atom is 0.307 e. The molecule has 0 aromatic heterocycles. The van der Waals surface area contributed by atoms with Gasteiger partial charge in [-0.3, -0.25) is 9.59 Å². The standard InChI is InChI=1S/C14H25NO3/c1-3-5-6-7-15-13(16)11-8-10(4-2)9-12(11)14(17)18/h10-12H,3-9H2,1-2H3,(H,15,16)(H,17,18)/t10?,11-,12+/m0/s1. The zero-order valence-electron chi connectivity index (χ0n) is 11.4. The second-order valence-electron chi connectivity index (χ2n) is 5.30. The topological polar surface area (TPSA) is 66.4 Å². The van der Waals surface area contributed by atoms with Gasteiger partial charge in [0.25, 0.3) is 0 Å². The van der Waals surface area contributed by atoms with Crippen LogP contribution in [-0.2, 0) is 9.59 Å². The van der Waals surface area contributed by atoms with Gasteiger partial charge >= 0.3 is 5.97 Å². The molecule has 1 amide bonds. The van der Waals surface area contributed by atoms with Crippen LogP contribution in [0.4, 0.5) is 0 Å². The van der Waals surface area contributed by atoms with Crippen molar-refractivity contribution in [3.8, 4) is 0 Å². The Kier molecular flexibility index (Phi) is 6.16. The first-order valence-electron chi connectivity index (χ1n) is 7.10. The Hall–Kier alpha value is -1.06. The molecule has 1 fully saturated rings. The van der Waals surface area contributed by atoms with Crippen molar-refractivity contribution in [3.05, 3.63) is 0 Å². The maximum absolute atomic E-state index is 12.0. The molecule has 1 aliphatic carbocycles. The summed E-state index contributed by atoms with van der Waals surface area (Å²) in [5.41, 5.74) is 0. The molecule has 1 saturated carbocycles. The van der Waals surface area contributed by atoms with Crippen LogP contribution in [0.5, 0.6) is 0 Å². The molecule has 3 atom stereocenters. The van der Waals surface area contributed by atoms with Crippen molar-refractivity contribution in [2.24, 2.45) is 17.8 Å². The summed E-state index contributed by atoms with van der Waals surface area (Å²) in [5, 5.41) is 12.1. The first kappa shape index (κ1) is 15.0. The summed E-state index contributed by atoms with van der Waals surface area (Å²) in [4.78, 5) is 23.2. The predicted octanol–water partition coefficient (Wildman–Crippen LogP) is 2.43. The third-order valence-corrected chi connectivity index (χ3v) is 3.97. The number of carbonyl (C=O) groups excluding carboxylic acids is 1. The number of carboxylic acid groups (broad SMARTS) is 1. The van der Waals surface area contributed by atoms with Gasteiger partial charge < -0.3 is 10.4 Å². The summed E-state index contributed by atoms with van der Waals surface area (Å²) in [6, 6.07) is 0. The summed E-state index contributed by atoms with van der Waals surface area (Å²) in [6.45, 7) is 4.85. The first-order chi connectivity index (χ1) is 8.60. The number of aliphatic carboxylic acids is 1. The van der Waals surface area contributed by atoms with Crippen molar-refractivity contribution in [1.29, 1.82) is 0 Å². The molecule has 0 radical (unpaired) electrons. The van der Waals surface area contributed by atoms with E-state index in [0.29, 0.717) is 18.9 Å². The number of rotatable bonds is 7. The quantitative estimate of drug-likeness (QED) is 0.687. The zero-order valence-corrected chi connectivity index (χ0v) is 11.4. The fraction of sp³-hybridized carbons (Fsp3) is 0.857. The Morgan fingerprint density at radius 2 is 1.83 bits per heavy atom. The van der Waals surface area contributed by atoms with Crippen LogP contribution in [0.1, 0.15) is 52.4 Å². The molecule has 0 spiro atoms. The van der Waals surface area contributed by atoms with Crippen LogP contribution in [-0.4, -0.2) is 23.5 Å². The molecule has 0 aromatic carbocycles. The van der Waals surface area contributed by atoms with Crippen LogP contribution in [0, 0.1) is 17.8 Å². The number of amides is 1. The molecule has 104 valence electrons. The number of nitrogens with one attached hydrogen (secondary N) is 1. The highest BCUT2D eigenvalue weighted by Crippen LogP contribution is 2.38. The van der Waals surface area contributed by atoms with E-state index in [1.54, 1.807) is 0 Å². The van der Waals surface area contributed by atoms with Gasteiger partial charge in [-0.2, -0.15) is 0 Å². The third-order valence-electron chi connectivity index (χ3n) is 3.97. The van der Waals surface area contributed by atoms with E-state index in [2.05, 4.69) is 19.2 Å². The van der Waals surface area contributed by atoms with Crippen molar-refractivity contribution >= 4 is 11.9 Å². The lowest BCUT2D eigenvalue weighted by molar-refractivity contribution is -0.146. The molecule has 0 heterocycles. The Morgan fingerprint density at radius 1 is 1.17 bits per heavy atom. The van der Waals surface area contributed by atoms with Gasteiger partial charge in [0.15, 0.2) is 0 Å². The molecule has 0 bridgehead atoms. The largest absolute Gasteiger partial charge is 0.481 e. The number of hydrogen-bond acceptors (Lipinski definition) is 2. The second kappa shape index (κ2) is 7.39. The van der Waals surface area contributed by atoms with Crippen LogP contribution in [0.3, 0.4) is 0 Å². The Morgan fingerprint density at radius 3 is 2.39 bits per heavy atom. The van der Waals surface area contributed by atoms with Crippen LogP contribution in [0.15, 0.2) is 0 Å². The van der Waals surface area contributed by atoms with E-state index in [1.165, 1.54) is 0 Å². The monoisotopic (exact) mass is 255 g/mol. The lowest BCUT2D eigenvalue weighted by Gasteiger charge is -2.15. The van der Waals surface area contributed by atoms with Crippen molar-refractivity contribution < 1.29 is 14.7 Å². The van der Waals surface area contributed by atoms with Gasteiger partial charge in [-0.25, -0.2) is 0 Å². The van der Waals surface area contributed by atoms with Crippen LogP contribution in [0.25, 0.3) is 0 Å². The van der Waals surface area contributed by atoms with Crippen LogP contribution in [0.2, 0.25) is 0 Å². The highest BCUT2D eigenvalue weighted by atomic mass is 16.4. The number of carbonyl (C=O) groups is 2. The average Bonchev–Trinajstić information content (AvgIpc) is 2.78. The minimum atomic E-state index is -0.820. The minimum Gasteiger partial charge on any atom is -0.481 e. The van der Waals surface area contributed by atoms with Gasteiger partial charge in [-0.1, -0.05) is 33.1 Å². The lowest BCUT2D eigenvalue weighted by Crippen LogP contribution is -2.35. The molecule has 1 unspecified atom stereocenters. The normalized spacial score (nSPS) is 27.1. The van der Waals surface area contributed by atoms with Gasteiger partial charge in [0.1, 0.15) is 0 Å². The summed E-state index contributed by atoms with van der Waals surface area (Å²) in [6.07, 6.45) is 5.54. The summed E-state index contributed by atoms with van der Waals surface area (Å²) in [7, 11) is 0. The van der Waals surface area contributed by atoms with E-state index in [9.17, 15) is 14.7 Å². The fourth-order valence-electron chi connectivity index (χ4n) is 2.76. The molecule has 4 heteroatoms. The minimum absolute atomic E-state index is 0.0607. The summed E-state index contributed by atoms with van der Waals surface area (Å²) < 4.78 is 0. The van der Waals surface area contributed by atoms with Crippen molar-refractivity contribution in [3.63, 3.8) is 0 Å². The van der Waals surface area contributed by atoms with Crippen LogP contribution >= 0.6 is 0 Å². The molecule has 0 aliphatic heterocycles. The van der Waals surface area contributed by atoms with E-state index < -0.39 is 11.9 Å². The van der Waals surface area contributed by atoms with Crippen LogP contribution < -0.4 is 5.32 Å². The molecule has 2 N–H and O–H groups in total. The van der Waals surface area contributed by atoms with Gasteiger partial charge in [0.05, 0.1) is 11.8 Å². The Bertz CT molecular complexity index is 291. The number of carboxylic acids is 1. The number of hydrogen-bond donors (Lipinski definition) is 2. The van der Waals surface area contributed by atoms with Gasteiger partial charge in [-0.05, 0) is 25.2 Å². The predicted molar refractivity (Wildman–Crippen MR) is 70.2 cm³/mol. The van der Waals surface area contributed by atoms with E-state index in [4.69, 9.17) is 0 Å². The first-order valence-corrected chi connectivity index (χ1v) is 7.10. The van der Waals surface area contributed by atoms with E-state index in [-0.39, 0.29) is 11.8 Å². The molecular formula is C14H25NO3.